The van der Waals surface area contributed by atoms with E-state index in [1.54, 1.807) is 0 Å². The average Bonchev–Trinajstić information content (AvgIpc) is 3.02. The Morgan fingerprint density at radius 2 is 2.00 bits per heavy atom. The highest BCUT2D eigenvalue weighted by Gasteiger charge is 2.27. The molecule has 2 nitrogen and oxygen atoms in total. The summed E-state index contributed by atoms with van der Waals surface area (Å²) in [5.41, 5.74) is 9.82. The van der Waals surface area contributed by atoms with Crippen LogP contribution in [-0.4, -0.2) is 12.1 Å². The van der Waals surface area contributed by atoms with Gasteiger partial charge in [-0.25, -0.2) is 0 Å². The first kappa shape index (κ1) is 9.22. The number of nitrogens with one attached hydrogen (secondary N) is 1. The van der Waals surface area contributed by atoms with Gasteiger partial charge in [0.2, 0.25) is 0 Å². The van der Waals surface area contributed by atoms with E-state index in [2.05, 4.69) is 17.4 Å². The normalized spacial score (nSPS) is 24.9. The fourth-order valence-electron chi connectivity index (χ4n) is 2.56. The van der Waals surface area contributed by atoms with E-state index in [9.17, 15) is 0 Å². The quantitative estimate of drug-likeness (QED) is 0.719. The Labute approximate surface area is 90.9 Å². The van der Waals surface area contributed by atoms with Crippen molar-refractivity contribution in [3.63, 3.8) is 0 Å². The van der Waals surface area contributed by atoms with Gasteiger partial charge in [0, 0.05) is 17.8 Å². The Kier molecular flexibility index (Phi) is 2.17. The highest BCUT2D eigenvalue weighted by molar-refractivity contribution is 5.52. The van der Waals surface area contributed by atoms with Gasteiger partial charge in [-0.2, -0.15) is 0 Å². The van der Waals surface area contributed by atoms with Crippen LogP contribution in [0, 0.1) is 0 Å². The summed E-state index contributed by atoms with van der Waals surface area (Å²) in [4.78, 5) is 0. The molecule has 0 aliphatic heterocycles. The second kappa shape index (κ2) is 3.53. The molecule has 2 aliphatic carbocycles. The van der Waals surface area contributed by atoms with Crippen molar-refractivity contribution in [1.29, 1.82) is 0 Å². The maximum absolute atomic E-state index is 5.98. The Hall–Kier alpha value is -1.02. The molecule has 15 heavy (non-hydrogen) atoms. The Balaban J connectivity index is 1.77. The van der Waals surface area contributed by atoms with E-state index in [0.29, 0.717) is 6.04 Å². The molecule has 0 spiro atoms. The first-order chi connectivity index (χ1) is 7.33. The molecule has 1 atom stereocenters. The molecule has 0 amide bonds. The summed E-state index contributed by atoms with van der Waals surface area (Å²) in [6.45, 7) is 0. The zero-order valence-corrected chi connectivity index (χ0v) is 9.00. The molecule has 0 aromatic heterocycles. The average molecular weight is 202 g/mol. The molecular formula is C13H18N2. The first-order valence-electron chi connectivity index (χ1n) is 5.95. The Morgan fingerprint density at radius 1 is 1.13 bits per heavy atom. The van der Waals surface area contributed by atoms with Gasteiger partial charge in [-0.05, 0) is 49.3 Å². The molecule has 3 N–H and O–H groups in total. The maximum Gasteiger partial charge on any atom is 0.0349 e. The molecule has 0 radical (unpaired) electrons. The fourth-order valence-corrected chi connectivity index (χ4v) is 2.56. The highest BCUT2D eigenvalue weighted by atomic mass is 15.0. The van der Waals surface area contributed by atoms with Crippen molar-refractivity contribution in [3.8, 4) is 0 Å². The summed E-state index contributed by atoms with van der Waals surface area (Å²) in [6.07, 6.45) is 6.31. The van der Waals surface area contributed by atoms with Crippen LogP contribution in [0.25, 0.3) is 0 Å². The molecule has 1 aromatic carbocycles. The van der Waals surface area contributed by atoms with Crippen LogP contribution in [0.15, 0.2) is 18.2 Å². The van der Waals surface area contributed by atoms with E-state index in [-0.39, 0.29) is 0 Å². The minimum atomic E-state index is 0.687. The van der Waals surface area contributed by atoms with Gasteiger partial charge >= 0.3 is 0 Å². The zero-order valence-electron chi connectivity index (χ0n) is 9.00. The van der Waals surface area contributed by atoms with Crippen LogP contribution in [0.1, 0.15) is 30.4 Å². The molecule has 80 valence electrons. The maximum atomic E-state index is 5.98. The Bertz CT molecular complexity index is 369. The second-order valence-electron chi connectivity index (χ2n) is 4.87. The molecule has 0 saturated heterocycles. The van der Waals surface area contributed by atoms with Crippen molar-refractivity contribution in [2.24, 2.45) is 0 Å². The number of nitrogen functional groups attached to an aromatic ring is 1. The predicted molar refractivity (Wildman–Crippen MR) is 62.8 cm³/mol. The third-order valence-corrected chi connectivity index (χ3v) is 3.57. The summed E-state index contributed by atoms with van der Waals surface area (Å²) in [7, 11) is 0. The molecule has 1 saturated carbocycles. The summed E-state index contributed by atoms with van der Waals surface area (Å²) in [5.74, 6) is 0. The topological polar surface area (TPSA) is 38.0 Å². The van der Waals surface area contributed by atoms with Crippen LogP contribution in [-0.2, 0) is 12.8 Å². The Morgan fingerprint density at radius 3 is 2.80 bits per heavy atom. The largest absolute Gasteiger partial charge is 0.398 e. The number of nitrogens with two attached hydrogens (primary N) is 1. The first-order valence-corrected chi connectivity index (χ1v) is 5.95. The molecule has 2 heteroatoms. The summed E-state index contributed by atoms with van der Waals surface area (Å²) >= 11 is 0. The fraction of sp³-hybridized carbons (Fsp3) is 0.538. The third-order valence-electron chi connectivity index (χ3n) is 3.57. The van der Waals surface area contributed by atoms with Gasteiger partial charge in [0.05, 0.1) is 0 Å². The lowest BCUT2D eigenvalue weighted by atomic mass is 9.87. The molecular weight excluding hydrogens is 184 g/mol. The molecule has 2 aliphatic rings. The predicted octanol–water partition coefficient (Wildman–Crippen LogP) is 1.88. The summed E-state index contributed by atoms with van der Waals surface area (Å²) in [5, 5.41) is 3.71. The van der Waals surface area contributed by atoms with Crippen LogP contribution in [0.3, 0.4) is 0 Å². The standard InChI is InChI=1S/C13H18N2/c14-13-3-1-2-9-8-11(6-7-12(9)13)15-10-4-5-10/h1-3,10-11,15H,4-8,14H2. The van der Waals surface area contributed by atoms with E-state index >= 15 is 0 Å². The lowest BCUT2D eigenvalue weighted by Gasteiger charge is -2.26. The van der Waals surface area contributed by atoms with E-state index in [0.717, 1.165) is 24.6 Å². The van der Waals surface area contributed by atoms with Crippen LogP contribution >= 0.6 is 0 Å². The van der Waals surface area contributed by atoms with Crippen molar-refractivity contribution in [2.75, 3.05) is 5.73 Å². The van der Waals surface area contributed by atoms with Gasteiger partial charge < -0.3 is 11.1 Å². The van der Waals surface area contributed by atoms with Gasteiger partial charge in [-0.1, -0.05) is 12.1 Å². The smallest absolute Gasteiger partial charge is 0.0349 e. The third kappa shape index (κ3) is 1.86. The minimum Gasteiger partial charge on any atom is -0.398 e. The number of anilines is 1. The van der Waals surface area contributed by atoms with Gasteiger partial charge in [0.25, 0.3) is 0 Å². The van der Waals surface area contributed by atoms with Crippen LogP contribution in [0.4, 0.5) is 5.69 Å². The van der Waals surface area contributed by atoms with E-state index in [1.165, 1.54) is 30.4 Å². The van der Waals surface area contributed by atoms with Gasteiger partial charge in [0.1, 0.15) is 0 Å². The zero-order chi connectivity index (χ0) is 10.3. The molecule has 1 aromatic rings. The second-order valence-corrected chi connectivity index (χ2v) is 4.87. The lowest BCUT2D eigenvalue weighted by Crippen LogP contribution is -2.36. The molecule has 1 unspecified atom stereocenters. The van der Waals surface area contributed by atoms with E-state index in [4.69, 9.17) is 5.73 Å². The molecule has 1 fully saturated rings. The van der Waals surface area contributed by atoms with E-state index < -0.39 is 0 Å². The van der Waals surface area contributed by atoms with Crippen molar-refractivity contribution < 1.29 is 0 Å². The number of fused-ring (bicyclic) bond motifs is 1. The van der Waals surface area contributed by atoms with Crippen LogP contribution in [0.5, 0.6) is 0 Å². The summed E-state index contributed by atoms with van der Waals surface area (Å²) in [6, 6.07) is 7.83. The van der Waals surface area contributed by atoms with E-state index in [1.807, 2.05) is 6.07 Å². The SMILES string of the molecule is Nc1cccc2c1CCC(NC1CC1)C2. The summed E-state index contributed by atoms with van der Waals surface area (Å²) < 4.78 is 0. The van der Waals surface area contributed by atoms with Crippen LogP contribution in [0.2, 0.25) is 0 Å². The minimum absolute atomic E-state index is 0.687. The monoisotopic (exact) mass is 202 g/mol. The number of benzene rings is 1. The number of rotatable bonds is 2. The van der Waals surface area contributed by atoms with Crippen molar-refractivity contribution >= 4 is 5.69 Å². The highest BCUT2D eigenvalue weighted by Crippen LogP contribution is 2.28. The molecule has 0 bridgehead atoms. The number of hydrogen-bond donors (Lipinski definition) is 2. The van der Waals surface area contributed by atoms with Gasteiger partial charge in [0.15, 0.2) is 0 Å². The number of hydrogen-bond acceptors (Lipinski definition) is 2. The van der Waals surface area contributed by atoms with Crippen molar-refractivity contribution in [1.82, 2.24) is 5.32 Å². The van der Waals surface area contributed by atoms with Gasteiger partial charge in [-0.3, -0.25) is 0 Å². The van der Waals surface area contributed by atoms with Crippen LogP contribution < -0.4 is 11.1 Å². The lowest BCUT2D eigenvalue weighted by molar-refractivity contribution is 0.456. The van der Waals surface area contributed by atoms with Crippen molar-refractivity contribution in [3.05, 3.63) is 29.3 Å². The molecule has 0 heterocycles. The van der Waals surface area contributed by atoms with Crippen molar-refractivity contribution in [2.45, 2.75) is 44.2 Å². The van der Waals surface area contributed by atoms with Gasteiger partial charge in [-0.15, -0.1) is 0 Å². The molecule has 3 rings (SSSR count).